The van der Waals surface area contributed by atoms with Crippen molar-refractivity contribution in [1.29, 1.82) is 0 Å². The Hall–Kier alpha value is -2.52. The fourth-order valence-corrected chi connectivity index (χ4v) is 10.5. The van der Waals surface area contributed by atoms with Gasteiger partial charge >= 0.3 is 69.3 Å². The van der Waals surface area contributed by atoms with Crippen LogP contribution in [0.1, 0.15) is 31.1 Å². The molecule has 376 valence electrons. The maximum absolute atomic E-state index is 12.4. The number of benzene rings is 6. The summed E-state index contributed by atoms with van der Waals surface area (Å²) in [6.07, 6.45) is 0. The predicted molar refractivity (Wildman–Crippen MR) is 274 cm³/mol. The van der Waals surface area contributed by atoms with E-state index in [0.29, 0.717) is 16.3 Å². The number of carbonyl (C=O) groups is 3. The number of methoxy groups -OCH3 is 2. The first kappa shape index (κ1) is 66.5. The average molecular weight is 1260 g/mol. The van der Waals surface area contributed by atoms with Gasteiger partial charge in [-0.25, -0.2) is 39.6 Å². The van der Waals surface area contributed by atoms with Gasteiger partial charge in [-0.15, -0.1) is 0 Å². The van der Waals surface area contributed by atoms with Crippen molar-refractivity contribution in [3.8, 4) is 0 Å². The third-order valence-corrected chi connectivity index (χ3v) is 14.0. The van der Waals surface area contributed by atoms with Crippen molar-refractivity contribution >= 4 is 179 Å². The Morgan fingerprint density at radius 1 is 0.465 bits per heavy atom. The van der Waals surface area contributed by atoms with E-state index in [1.54, 1.807) is 12.1 Å². The van der Waals surface area contributed by atoms with Gasteiger partial charge in [-0.05, 0) is 109 Å². The van der Waals surface area contributed by atoms with Crippen molar-refractivity contribution in [2.45, 2.75) is 14.7 Å². The summed E-state index contributed by atoms with van der Waals surface area (Å²) >= 11 is 51.5. The second-order valence-corrected chi connectivity index (χ2v) is 22.7. The number of carboxylic acid groups (broad SMARTS) is 1. The van der Waals surface area contributed by atoms with Crippen LogP contribution in [0.15, 0.2) is 124 Å². The molecule has 0 aliphatic rings. The van der Waals surface area contributed by atoms with Crippen molar-refractivity contribution in [3.63, 3.8) is 0 Å². The minimum Gasteiger partial charge on any atom is -0.870 e. The standard InChI is InChI=1S/C14H10Cl3NO4S.C13H8Cl3NO4S.C8H8ClNO2.C6H3Cl3O2S.K.H2O/c1-22-14(19)12-7-8(15)2-3-13(12)18-23(20,21)11-5-9(16)4-10(17)6-11;14-7-1-2-12(11(6-7)13(18)19)17-22(20,21)10-4-8(15)3-9(16)5-10;1-12-8(11)6-4-5(9)2-3-7(6)10;7-4-1-5(8)3-6(2-4)12(9,10)11;;/h2-7,18H,1H3;1-6,17H,(H,18,19);2-4H,10H2,1H3;1-3H;;1H2/q;;;;+1;/p-1. The van der Waals surface area contributed by atoms with Crippen LogP contribution in [0.5, 0.6) is 0 Å². The van der Waals surface area contributed by atoms with Gasteiger partial charge in [0.25, 0.3) is 29.1 Å². The summed E-state index contributed by atoms with van der Waals surface area (Å²) in [7, 11) is -4.27. The summed E-state index contributed by atoms with van der Waals surface area (Å²) in [5.74, 6) is -2.52. The average Bonchev–Trinajstić information content (AvgIpc) is 3.24. The number of ether oxygens (including phenoxy) is 2. The van der Waals surface area contributed by atoms with Gasteiger partial charge < -0.3 is 25.8 Å². The van der Waals surface area contributed by atoms with Crippen LogP contribution in [0.25, 0.3) is 0 Å². The normalized spacial score (nSPS) is 10.6. The van der Waals surface area contributed by atoms with E-state index in [0.717, 1.165) is 6.07 Å². The summed E-state index contributed by atoms with van der Waals surface area (Å²) in [4.78, 5) is 33.5. The largest absolute Gasteiger partial charge is 1.00 e. The molecule has 0 radical (unpaired) electrons. The molecule has 0 bridgehead atoms. The van der Waals surface area contributed by atoms with Crippen LogP contribution in [0.2, 0.25) is 45.2 Å². The number of aromatic carboxylic acids is 1. The molecule has 30 heteroatoms. The number of carbonyl (C=O) groups excluding carboxylic acids is 2. The molecule has 0 saturated carbocycles. The number of sulfonamides is 2. The summed E-state index contributed by atoms with van der Waals surface area (Å²) in [5, 5.41) is 11.1. The van der Waals surface area contributed by atoms with E-state index in [1.807, 2.05) is 0 Å². The van der Waals surface area contributed by atoms with Crippen LogP contribution in [-0.4, -0.2) is 68.0 Å². The van der Waals surface area contributed by atoms with E-state index in [2.05, 4.69) is 18.9 Å². The zero-order valence-corrected chi connectivity index (χ0v) is 49.0. The second-order valence-electron chi connectivity index (χ2n) is 12.9. The molecule has 0 atom stereocenters. The number of rotatable bonds is 10. The first-order valence-corrected chi connectivity index (χ1v) is 26.6. The molecule has 6 aromatic carbocycles. The van der Waals surface area contributed by atoms with Crippen LogP contribution >= 0.6 is 115 Å². The van der Waals surface area contributed by atoms with Gasteiger partial charge in [-0.2, -0.15) is 0 Å². The Kier molecular flexibility index (Phi) is 27.7. The van der Waals surface area contributed by atoms with Gasteiger partial charge in [0.1, 0.15) is 0 Å². The third-order valence-electron chi connectivity index (χ3n) is 7.92. The molecule has 0 amide bonds. The predicted octanol–water partition coefficient (Wildman–Crippen LogP) is 9.84. The van der Waals surface area contributed by atoms with Crippen LogP contribution in [-0.2, 0) is 38.6 Å². The molecule has 6 N–H and O–H groups in total. The number of anilines is 3. The number of esters is 2. The number of halogens is 10. The van der Waals surface area contributed by atoms with Crippen molar-refractivity contribution < 1.29 is 111 Å². The van der Waals surface area contributed by atoms with Crippen molar-refractivity contribution in [2.75, 3.05) is 29.4 Å². The molecule has 0 saturated heterocycles. The molecule has 6 rings (SSSR count). The van der Waals surface area contributed by atoms with E-state index >= 15 is 0 Å². The van der Waals surface area contributed by atoms with Crippen molar-refractivity contribution in [2.24, 2.45) is 0 Å². The fraction of sp³-hybridized carbons (Fsp3) is 0.0488. The number of hydrogen-bond donors (Lipinski definition) is 4. The first-order valence-electron chi connectivity index (χ1n) is 17.9. The molecule has 0 aliphatic carbocycles. The molecular formula is C41H30Cl10KN3O13S3. The SMILES string of the molecule is COC(=O)c1cc(Cl)ccc1N.COC(=O)c1cc(Cl)ccc1NS(=O)(=O)c1cc(Cl)cc(Cl)c1.O=C(O)c1cc(Cl)ccc1NS(=O)(=O)c1cc(Cl)cc(Cl)c1.O=S(=O)(Cl)c1cc(Cl)cc(Cl)c1.[K+].[OH-]. The summed E-state index contributed by atoms with van der Waals surface area (Å²) in [6, 6.07) is 24.1. The molecule has 6 aromatic rings. The van der Waals surface area contributed by atoms with Gasteiger partial charge in [0, 0.05) is 61.6 Å². The van der Waals surface area contributed by atoms with E-state index in [-0.39, 0.29) is 134 Å². The smallest absolute Gasteiger partial charge is 0.870 e. The Morgan fingerprint density at radius 3 is 1.10 bits per heavy atom. The number of carboxylic acids is 1. The molecule has 16 nitrogen and oxygen atoms in total. The summed E-state index contributed by atoms with van der Waals surface area (Å²) < 4.78 is 84.7. The summed E-state index contributed by atoms with van der Waals surface area (Å²) in [5.41, 5.74) is 5.79. The second kappa shape index (κ2) is 29.5. The molecule has 0 unspecified atom stereocenters. The minimum atomic E-state index is -4.05. The molecule has 0 fully saturated rings. The Bertz CT molecular complexity index is 3210. The zero-order valence-electron chi connectivity index (χ0n) is 35.9. The van der Waals surface area contributed by atoms with E-state index in [4.69, 9.17) is 126 Å². The number of nitrogens with one attached hydrogen (secondary N) is 2. The molecule has 0 aliphatic heterocycles. The molecular weight excluding hydrogens is 1230 g/mol. The number of nitrogen functional groups attached to an aromatic ring is 1. The van der Waals surface area contributed by atoms with Crippen LogP contribution in [0.4, 0.5) is 17.1 Å². The van der Waals surface area contributed by atoms with Gasteiger partial charge in [0.15, 0.2) is 0 Å². The van der Waals surface area contributed by atoms with Gasteiger partial charge in [-0.1, -0.05) is 104 Å². The van der Waals surface area contributed by atoms with Crippen molar-refractivity contribution in [1.82, 2.24) is 0 Å². The fourth-order valence-electron chi connectivity index (χ4n) is 4.93. The van der Waals surface area contributed by atoms with E-state index in [1.165, 1.54) is 105 Å². The molecule has 0 spiro atoms. The molecule has 71 heavy (non-hydrogen) atoms. The maximum Gasteiger partial charge on any atom is 1.00 e. The maximum atomic E-state index is 12.4. The Morgan fingerprint density at radius 2 is 0.761 bits per heavy atom. The number of nitrogens with two attached hydrogens (primary N) is 1. The monoisotopic (exact) mass is 1260 g/mol. The zero-order chi connectivity index (χ0) is 52.2. The minimum absolute atomic E-state index is 0. The molecule has 0 heterocycles. The topological polar surface area (TPSA) is 272 Å². The van der Waals surface area contributed by atoms with E-state index < -0.39 is 47.0 Å². The summed E-state index contributed by atoms with van der Waals surface area (Å²) in [6.45, 7) is 0. The van der Waals surface area contributed by atoms with E-state index in [9.17, 15) is 39.6 Å². The quantitative estimate of drug-likeness (QED) is 0.0430. The molecule has 0 aromatic heterocycles. The van der Waals surface area contributed by atoms with Crippen LogP contribution in [0.3, 0.4) is 0 Å². The van der Waals surface area contributed by atoms with Gasteiger partial charge in [-0.3, -0.25) is 9.44 Å². The Labute approximate surface area is 499 Å². The Balaban J connectivity index is 0.000000489. The third kappa shape index (κ3) is 21.3. The van der Waals surface area contributed by atoms with Crippen molar-refractivity contribution in [3.05, 3.63) is 171 Å². The van der Waals surface area contributed by atoms with Gasteiger partial charge in [0.2, 0.25) is 0 Å². The van der Waals surface area contributed by atoms with Crippen LogP contribution in [0, 0.1) is 0 Å². The first-order chi connectivity index (χ1) is 32.0. The number of hydrogen-bond acceptors (Lipinski definition) is 13. The van der Waals surface area contributed by atoms with Crippen LogP contribution < -0.4 is 66.6 Å². The van der Waals surface area contributed by atoms with Gasteiger partial charge in [0.05, 0.1) is 57.0 Å².